The van der Waals surface area contributed by atoms with Crippen LogP contribution >= 0.6 is 0 Å². The third-order valence-corrected chi connectivity index (χ3v) is 9.82. The van der Waals surface area contributed by atoms with Crippen LogP contribution in [0.15, 0.2) is 42.5 Å². The first-order valence-corrected chi connectivity index (χ1v) is 12.2. The maximum atomic E-state index is 12.4. The van der Waals surface area contributed by atoms with Crippen LogP contribution in [0.5, 0.6) is 0 Å². The zero-order chi connectivity index (χ0) is 19.4. The molecule has 0 radical (unpaired) electrons. The van der Waals surface area contributed by atoms with Gasteiger partial charge in [-0.25, -0.2) is 4.79 Å². The third-order valence-electron chi connectivity index (χ3n) is 5.22. The summed E-state index contributed by atoms with van der Waals surface area (Å²) in [6, 6.07) is 9.05. The Morgan fingerprint density at radius 2 is 1.92 bits per heavy atom. The first-order chi connectivity index (χ1) is 12.1. The van der Waals surface area contributed by atoms with E-state index in [0.29, 0.717) is 18.6 Å². The largest absolute Gasteiger partial charge is 0.452 e. The van der Waals surface area contributed by atoms with Crippen LogP contribution in [0.2, 0.25) is 18.1 Å². The van der Waals surface area contributed by atoms with Gasteiger partial charge in [0.2, 0.25) is 0 Å². The fourth-order valence-corrected chi connectivity index (χ4v) is 4.18. The molecule has 1 aliphatic heterocycles. The monoisotopic (exact) mass is 376 g/mol. The average Bonchev–Trinajstić information content (AvgIpc) is 2.56. The summed E-state index contributed by atoms with van der Waals surface area (Å²) < 4.78 is 18.0. The maximum absolute atomic E-state index is 12.4. The predicted molar refractivity (Wildman–Crippen MR) is 107 cm³/mol. The van der Waals surface area contributed by atoms with Crippen molar-refractivity contribution in [3.63, 3.8) is 0 Å². The second-order valence-corrected chi connectivity index (χ2v) is 13.2. The minimum Gasteiger partial charge on any atom is -0.452 e. The van der Waals surface area contributed by atoms with Crippen LogP contribution in [0.3, 0.4) is 0 Å². The van der Waals surface area contributed by atoms with Crippen LogP contribution in [0.25, 0.3) is 0 Å². The smallest absolute Gasteiger partial charge is 0.338 e. The second kappa shape index (κ2) is 8.50. The van der Waals surface area contributed by atoms with E-state index >= 15 is 0 Å². The highest BCUT2D eigenvalue weighted by molar-refractivity contribution is 6.74. The van der Waals surface area contributed by atoms with E-state index < -0.39 is 8.32 Å². The average molecular weight is 377 g/mol. The number of rotatable bonds is 6. The molecule has 0 bridgehead atoms. The fraction of sp³-hybridized carbons (Fsp3) is 0.571. The summed E-state index contributed by atoms with van der Waals surface area (Å²) >= 11 is 0. The van der Waals surface area contributed by atoms with Gasteiger partial charge in [0.05, 0.1) is 12.2 Å². The molecule has 1 unspecified atom stereocenters. The van der Waals surface area contributed by atoms with Crippen molar-refractivity contribution in [2.75, 3.05) is 6.61 Å². The number of carbonyl (C=O) groups is 1. The van der Waals surface area contributed by atoms with Crippen molar-refractivity contribution in [3.8, 4) is 0 Å². The fourth-order valence-electron chi connectivity index (χ4n) is 2.73. The molecule has 1 heterocycles. The van der Waals surface area contributed by atoms with E-state index in [-0.39, 0.29) is 29.3 Å². The van der Waals surface area contributed by atoms with Gasteiger partial charge in [0, 0.05) is 12.5 Å². The molecule has 0 saturated carbocycles. The number of benzene rings is 1. The quantitative estimate of drug-likeness (QED) is 0.399. The molecule has 0 aliphatic carbocycles. The molecular formula is C21H32O4Si. The zero-order valence-corrected chi connectivity index (χ0v) is 17.8. The molecule has 26 heavy (non-hydrogen) atoms. The summed E-state index contributed by atoms with van der Waals surface area (Å²) in [7, 11) is -1.84. The van der Waals surface area contributed by atoms with Gasteiger partial charge in [-0.2, -0.15) is 0 Å². The lowest BCUT2D eigenvalue weighted by Gasteiger charge is -2.39. The van der Waals surface area contributed by atoms with Crippen molar-refractivity contribution in [2.24, 2.45) is 0 Å². The number of ether oxygens (including phenoxy) is 2. The summed E-state index contributed by atoms with van der Waals surface area (Å²) in [5.41, 5.74) is 0.552. The molecule has 1 aliphatic rings. The van der Waals surface area contributed by atoms with Crippen LogP contribution in [0.4, 0.5) is 0 Å². The van der Waals surface area contributed by atoms with E-state index in [0.717, 1.165) is 0 Å². The van der Waals surface area contributed by atoms with Gasteiger partial charge in [-0.3, -0.25) is 0 Å². The van der Waals surface area contributed by atoms with Gasteiger partial charge in [-0.1, -0.05) is 45.0 Å². The summed E-state index contributed by atoms with van der Waals surface area (Å²) in [6.07, 6.45) is 4.00. The normalized spacial score (nSPS) is 22.1. The minimum atomic E-state index is -1.84. The molecule has 0 saturated heterocycles. The second-order valence-electron chi connectivity index (χ2n) is 8.46. The number of carbonyl (C=O) groups excluding carboxylic acids is 1. The summed E-state index contributed by atoms with van der Waals surface area (Å²) in [5, 5.41) is 0.160. The molecule has 144 valence electrons. The molecule has 1 aromatic carbocycles. The van der Waals surface area contributed by atoms with Gasteiger partial charge in [0.25, 0.3) is 0 Å². The molecule has 4 nitrogen and oxygen atoms in total. The minimum absolute atomic E-state index is 0.0466. The molecule has 1 aromatic rings. The molecule has 2 rings (SSSR count). The van der Waals surface area contributed by atoms with E-state index in [1.54, 1.807) is 12.1 Å². The lowest BCUT2D eigenvalue weighted by Crippen LogP contribution is -2.45. The molecule has 0 spiro atoms. The third kappa shape index (κ3) is 5.53. The van der Waals surface area contributed by atoms with Gasteiger partial charge in [-0.15, -0.1) is 0 Å². The maximum Gasteiger partial charge on any atom is 0.338 e. The van der Waals surface area contributed by atoms with E-state index in [9.17, 15) is 4.79 Å². The highest BCUT2D eigenvalue weighted by Gasteiger charge is 2.39. The standard InChI is InChI=1S/C21H32O4Si/c1-16(25-26(5,6)21(2,3)4)15-19-18(13-10-14-23-19)24-20(22)17-11-8-7-9-12-17/h7-13,16,18-19H,14-15H2,1-6H3/t16?,18-,19-/m0/s1. The number of hydrogen-bond donors (Lipinski definition) is 0. The molecule has 0 aromatic heterocycles. The lowest BCUT2D eigenvalue weighted by molar-refractivity contribution is -0.0507. The Kier molecular flexibility index (Phi) is 6.83. The van der Waals surface area contributed by atoms with E-state index in [4.69, 9.17) is 13.9 Å². The van der Waals surface area contributed by atoms with Crippen molar-refractivity contribution in [3.05, 3.63) is 48.0 Å². The summed E-state index contributed by atoms with van der Waals surface area (Å²) in [5.74, 6) is -0.325. The summed E-state index contributed by atoms with van der Waals surface area (Å²) in [4.78, 5) is 12.4. The van der Waals surface area contributed by atoms with Crippen molar-refractivity contribution in [1.82, 2.24) is 0 Å². The Labute approximate surface area is 158 Å². The molecule has 0 N–H and O–H groups in total. The van der Waals surface area contributed by atoms with Crippen molar-refractivity contribution in [2.45, 2.75) is 70.6 Å². The van der Waals surface area contributed by atoms with Crippen LogP contribution in [-0.4, -0.2) is 39.2 Å². The van der Waals surface area contributed by atoms with Crippen LogP contribution in [-0.2, 0) is 13.9 Å². The summed E-state index contributed by atoms with van der Waals surface area (Å²) in [6.45, 7) is 13.8. The van der Waals surface area contributed by atoms with E-state index in [1.165, 1.54) is 0 Å². The van der Waals surface area contributed by atoms with Gasteiger partial charge in [0.1, 0.15) is 12.2 Å². The van der Waals surface area contributed by atoms with Gasteiger partial charge >= 0.3 is 5.97 Å². The zero-order valence-electron chi connectivity index (χ0n) is 16.8. The molecule has 0 fully saturated rings. The topological polar surface area (TPSA) is 44.8 Å². The van der Waals surface area contributed by atoms with Gasteiger partial charge in [0.15, 0.2) is 8.32 Å². The Hall–Kier alpha value is -1.43. The molecular weight excluding hydrogens is 344 g/mol. The Morgan fingerprint density at radius 3 is 2.54 bits per heavy atom. The van der Waals surface area contributed by atoms with Gasteiger partial charge in [-0.05, 0) is 43.3 Å². The first kappa shape index (κ1) is 20.9. The Morgan fingerprint density at radius 1 is 1.27 bits per heavy atom. The van der Waals surface area contributed by atoms with Crippen molar-refractivity contribution >= 4 is 14.3 Å². The van der Waals surface area contributed by atoms with Crippen molar-refractivity contribution < 1.29 is 18.7 Å². The molecule has 3 atom stereocenters. The van der Waals surface area contributed by atoms with E-state index in [2.05, 4.69) is 40.8 Å². The SMILES string of the molecule is CC(C[C@@H]1OCC=C[C@@H]1OC(=O)c1ccccc1)O[Si](C)(C)C(C)(C)C. The van der Waals surface area contributed by atoms with Crippen LogP contribution in [0.1, 0.15) is 44.5 Å². The Bertz CT molecular complexity index is 619. The number of esters is 1. The highest BCUT2D eigenvalue weighted by atomic mass is 28.4. The molecule has 5 heteroatoms. The first-order valence-electron chi connectivity index (χ1n) is 9.32. The van der Waals surface area contributed by atoms with Crippen LogP contribution < -0.4 is 0 Å². The molecule has 0 amide bonds. The van der Waals surface area contributed by atoms with Crippen LogP contribution in [0, 0.1) is 0 Å². The predicted octanol–water partition coefficient (Wildman–Crippen LogP) is 4.97. The Balaban J connectivity index is 1.99. The van der Waals surface area contributed by atoms with Crippen molar-refractivity contribution in [1.29, 1.82) is 0 Å². The lowest BCUT2D eigenvalue weighted by atomic mass is 10.0. The number of hydrogen-bond acceptors (Lipinski definition) is 4. The van der Waals surface area contributed by atoms with Gasteiger partial charge < -0.3 is 13.9 Å². The highest BCUT2D eigenvalue weighted by Crippen LogP contribution is 2.38. The van der Waals surface area contributed by atoms with E-state index in [1.807, 2.05) is 30.4 Å².